The first-order valence-electron chi connectivity index (χ1n) is 6.69. The Morgan fingerprint density at radius 2 is 1.72 bits per heavy atom. The van der Waals surface area contributed by atoms with Crippen molar-refractivity contribution in [2.24, 2.45) is 0 Å². The average molecular weight is 235 g/mol. The molecular weight excluding hydrogens is 218 g/mol. The molecule has 0 radical (unpaired) electrons. The number of nitrogens with one attached hydrogen (secondary N) is 1. The predicted octanol–water partition coefficient (Wildman–Crippen LogP) is 3.59. The van der Waals surface area contributed by atoms with Gasteiger partial charge in [0.15, 0.2) is 0 Å². The third-order valence-corrected chi connectivity index (χ3v) is 4.68. The van der Waals surface area contributed by atoms with Crippen LogP contribution in [0.1, 0.15) is 45.5 Å². The normalized spacial score (nSPS) is 23.7. The van der Waals surface area contributed by atoms with Gasteiger partial charge in [0.05, 0.1) is 6.04 Å². The molecule has 0 fully saturated rings. The van der Waals surface area contributed by atoms with Crippen LogP contribution in [0, 0.1) is 13.8 Å². The van der Waals surface area contributed by atoms with Crippen LogP contribution in [-0.2, 0) is 6.42 Å². The third-order valence-electron chi connectivity index (χ3n) is 4.68. The summed E-state index contributed by atoms with van der Waals surface area (Å²) >= 11 is 0. The summed E-state index contributed by atoms with van der Waals surface area (Å²) in [6, 6.07) is 14.4. The minimum Gasteiger partial charge on any atom is -0.299 e. The van der Waals surface area contributed by atoms with E-state index in [9.17, 15) is 0 Å². The fraction of sp³-hybridized carbons (Fsp3) is 0.294. The summed E-state index contributed by atoms with van der Waals surface area (Å²) in [5.41, 5.74) is 8.93. The molecule has 0 aliphatic carbocycles. The molecule has 4 rings (SSSR count). The zero-order chi connectivity index (χ0) is 12.3. The monoisotopic (exact) mass is 235 g/mol. The molecule has 1 N–H and O–H groups in total. The largest absolute Gasteiger partial charge is 0.299 e. The van der Waals surface area contributed by atoms with Gasteiger partial charge < -0.3 is 0 Å². The molecule has 2 bridgehead atoms. The van der Waals surface area contributed by atoms with Gasteiger partial charge in [-0.3, -0.25) is 5.32 Å². The topological polar surface area (TPSA) is 12.0 Å². The van der Waals surface area contributed by atoms with Crippen LogP contribution in [0.25, 0.3) is 0 Å². The summed E-state index contributed by atoms with van der Waals surface area (Å²) in [4.78, 5) is 0. The Morgan fingerprint density at radius 1 is 0.944 bits per heavy atom. The van der Waals surface area contributed by atoms with E-state index in [0.29, 0.717) is 12.1 Å². The lowest BCUT2D eigenvalue weighted by atomic mass is 9.88. The Hall–Kier alpha value is -1.60. The van der Waals surface area contributed by atoms with Crippen LogP contribution in [-0.4, -0.2) is 0 Å². The zero-order valence-electron chi connectivity index (χ0n) is 10.8. The van der Waals surface area contributed by atoms with Crippen LogP contribution >= 0.6 is 0 Å². The van der Waals surface area contributed by atoms with Crippen molar-refractivity contribution in [3.8, 4) is 0 Å². The van der Waals surface area contributed by atoms with Gasteiger partial charge in [0.2, 0.25) is 0 Å². The minimum absolute atomic E-state index is 0.411. The van der Waals surface area contributed by atoms with E-state index in [4.69, 9.17) is 0 Å². The summed E-state index contributed by atoms with van der Waals surface area (Å²) in [5, 5.41) is 3.76. The van der Waals surface area contributed by atoms with E-state index in [1.807, 2.05) is 0 Å². The Balaban J connectivity index is 1.97. The lowest BCUT2D eigenvalue weighted by Crippen LogP contribution is -2.27. The van der Waals surface area contributed by atoms with E-state index in [2.05, 4.69) is 55.6 Å². The number of rotatable bonds is 0. The molecular formula is C17H17N. The summed E-state index contributed by atoms with van der Waals surface area (Å²) in [7, 11) is 0. The fourth-order valence-electron chi connectivity index (χ4n) is 3.54. The highest BCUT2D eigenvalue weighted by Crippen LogP contribution is 2.45. The molecule has 2 aliphatic rings. The maximum atomic E-state index is 3.76. The molecule has 0 spiro atoms. The predicted molar refractivity (Wildman–Crippen MR) is 73.8 cm³/mol. The number of benzene rings is 2. The molecule has 0 aromatic heterocycles. The van der Waals surface area contributed by atoms with Crippen molar-refractivity contribution in [2.45, 2.75) is 32.4 Å². The molecule has 1 heteroatoms. The smallest absolute Gasteiger partial charge is 0.0587 e. The molecule has 0 saturated heterocycles. The highest BCUT2D eigenvalue weighted by atomic mass is 15.0. The van der Waals surface area contributed by atoms with Gasteiger partial charge in [0.1, 0.15) is 0 Å². The van der Waals surface area contributed by atoms with E-state index in [0.717, 1.165) is 6.42 Å². The lowest BCUT2D eigenvalue weighted by Gasteiger charge is -2.27. The molecule has 2 heterocycles. The van der Waals surface area contributed by atoms with E-state index in [1.165, 1.54) is 27.8 Å². The maximum absolute atomic E-state index is 3.76. The van der Waals surface area contributed by atoms with Gasteiger partial charge in [-0.05, 0) is 53.6 Å². The van der Waals surface area contributed by atoms with Gasteiger partial charge in [-0.25, -0.2) is 0 Å². The molecule has 2 atom stereocenters. The van der Waals surface area contributed by atoms with Crippen LogP contribution in [0.3, 0.4) is 0 Å². The molecule has 0 saturated carbocycles. The highest BCUT2D eigenvalue weighted by Gasteiger charge is 2.37. The molecule has 2 aliphatic heterocycles. The zero-order valence-corrected chi connectivity index (χ0v) is 10.8. The number of hydrogen-bond acceptors (Lipinski definition) is 1. The van der Waals surface area contributed by atoms with Gasteiger partial charge in [-0.1, -0.05) is 36.4 Å². The second kappa shape index (κ2) is 3.46. The van der Waals surface area contributed by atoms with E-state index >= 15 is 0 Å². The highest BCUT2D eigenvalue weighted by molar-refractivity contribution is 5.53. The Kier molecular flexibility index (Phi) is 1.98. The molecule has 2 unspecified atom stereocenters. The van der Waals surface area contributed by atoms with Crippen LogP contribution in [0.4, 0.5) is 0 Å². The summed E-state index contributed by atoms with van der Waals surface area (Å²) in [6.45, 7) is 4.48. The van der Waals surface area contributed by atoms with Crippen molar-refractivity contribution in [3.05, 3.63) is 69.8 Å². The summed E-state index contributed by atoms with van der Waals surface area (Å²) in [6.07, 6.45) is 1.14. The second-order valence-corrected chi connectivity index (χ2v) is 5.56. The molecule has 2 aromatic carbocycles. The van der Waals surface area contributed by atoms with Crippen molar-refractivity contribution < 1.29 is 0 Å². The quantitative estimate of drug-likeness (QED) is 0.735. The molecule has 0 amide bonds. The number of hydrogen-bond donors (Lipinski definition) is 1. The van der Waals surface area contributed by atoms with Crippen LogP contribution in [0.5, 0.6) is 0 Å². The first kappa shape index (κ1) is 10.3. The Bertz CT molecular complexity index is 642. The van der Waals surface area contributed by atoms with Crippen LogP contribution in [0.15, 0.2) is 36.4 Å². The van der Waals surface area contributed by atoms with Gasteiger partial charge >= 0.3 is 0 Å². The SMILES string of the molecule is Cc1ccc2c(c1C)CC1NC2c2ccccc21. The van der Waals surface area contributed by atoms with E-state index in [1.54, 1.807) is 5.56 Å². The second-order valence-electron chi connectivity index (χ2n) is 5.56. The minimum atomic E-state index is 0.411. The maximum Gasteiger partial charge on any atom is 0.0587 e. The first-order chi connectivity index (χ1) is 8.75. The number of fused-ring (bicyclic) bond motifs is 7. The number of aryl methyl sites for hydroxylation is 1. The molecule has 18 heavy (non-hydrogen) atoms. The Labute approximate surface area is 108 Å². The van der Waals surface area contributed by atoms with Crippen molar-refractivity contribution in [1.82, 2.24) is 5.32 Å². The first-order valence-corrected chi connectivity index (χ1v) is 6.69. The van der Waals surface area contributed by atoms with Gasteiger partial charge in [-0.2, -0.15) is 0 Å². The summed E-state index contributed by atoms with van der Waals surface area (Å²) in [5.74, 6) is 0. The standard InChI is InChI=1S/C17H17N/c1-10-7-8-14-15(11(10)2)9-16-12-5-3-4-6-13(12)17(14)18-16/h3-8,16-18H,9H2,1-2H3. The van der Waals surface area contributed by atoms with Crippen molar-refractivity contribution in [3.63, 3.8) is 0 Å². The van der Waals surface area contributed by atoms with E-state index in [-0.39, 0.29) is 0 Å². The lowest BCUT2D eigenvalue weighted by molar-refractivity contribution is 0.500. The van der Waals surface area contributed by atoms with Crippen molar-refractivity contribution in [2.75, 3.05) is 0 Å². The van der Waals surface area contributed by atoms with Crippen LogP contribution < -0.4 is 5.32 Å². The van der Waals surface area contributed by atoms with Crippen LogP contribution in [0.2, 0.25) is 0 Å². The molecule has 90 valence electrons. The van der Waals surface area contributed by atoms with Gasteiger partial charge in [-0.15, -0.1) is 0 Å². The average Bonchev–Trinajstić information content (AvgIpc) is 2.70. The third kappa shape index (κ3) is 1.20. The fourth-order valence-corrected chi connectivity index (χ4v) is 3.54. The van der Waals surface area contributed by atoms with Gasteiger partial charge in [0.25, 0.3) is 0 Å². The van der Waals surface area contributed by atoms with E-state index < -0.39 is 0 Å². The van der Waals surface area contributed by atoms with Gasteiger partial charge in [0, 0.05) is 6.04 Å². The summed E-state index contributed by atoms with van der Waals surface area (Å²) < 4.78 is 0. The molecule has 1 nitrogen and oxygen atoms in total. The van der Waals surface area contributed by atoms with Crippen molar-refractivity contribution >= 4 is 0 Å². The Morgan fingerprint density at radius 3 is 2.56 bits per heavy atom. The molecule has 2 aromatic rings. The van der Waals surface area contributed by atoms with Crippen molar-refractivity contribution in [1.29, 1.82) is 0 Å².